The van der Waals surface area contributed by atoms with Gasteiger partial charge in [0.05, 0.1) is 12.7 Å². The quantitative estimate of drug-likeness (QED) is 0.642. The SMILES string of the molecule is CC(C)(C)P(=O)(O)CC(=O)CN. The predicted octanol–water partition coefficient (Wildman–Crippen LogP) is 0.583. The van der Waals surface area contributed by atoms with Crippen LogP contribution in [-0.4, -0.2) is 28.5 Å². The fourth-order valence-electron chi connectivity index (χ4n) is 0.541. The molecule has 0 aliphatic carbocycles. The van der Waals surface area contributed by atoms with Crippen molar-refractivity contribution in [2.75, 3.05) is 12.7 Å². The van der Waals surface area contributed by atoms with Gasteiger partial charge in [-0.05, 0) is 0 Å². The van der Waals surface area contributed by atoms with Crippen LogP contribution in [0.5, 0.6) is 0 Å². The third-order valence-electron chi connectivity index (χ3n) is 1.67. The highest BCUT2D eigenvalue weighted by molar-refractivity contribution is 7.60. The van der Waals surface area contributed by atoms with Crippen LogP contribution in [0.2, 0.25) is 0 Å². The Labute approximate surface area is 72.6 Å². The van der Waals surface area contributed by atoms with Crippen molar-refractivity contribution in [3.05, 3.63) is 0 Å². The monoisotopic (exact) mass is 193 g/mol. The summed E-state index contributed by atoms with van der Waals surface area (Å²) >= 11 is 0. The van der Waals surface area contributed by atoms with Crippen LogP contribution in [0.15, 0.2) is 0 Å². The molecule has 5 heteroatoms. The molecule has 0 heterocycles. The number of hydrogen-bond donors (Lipinski definition) is 2. The Morgan fingerprint density at radius 1 is 1.50 bits per heavy atom. The van der Waals surface area contributed by atoms with Gasteiger partial charge >= 0.3 is 0 Å². The number of Topliss-reactive ketones (excluding diaryl/α,β-unsaturated/α-hetero) is 1. The van der Waals surface area contributed by atoms with Crippen LogP contribution in [0, 0.1) is 0 Å². The number of ketones is 1. The van der Waals surface area contributed by atoms with Crippen molar-refractivity contribution in [3.8, 4) is 0 Å². The van der Waals surface area contributed by atoms with Gasteiger partial charge in [0.15, 0.2) is 5.78 Å². The molecular weight excluding hydrogens is 177 g/mol. The maximum atomic E-state index is 11.5. The highest BCUT2D eigenvalue weighted by Crippen LogP contribution is 2.53. The molecule has 0 bridgehead atoms. The van der Waals surface area contributed by atoms with Gasteiger partial charge in [0, 0.05) is 5.16 Å². The molecule has 0 rings (SSSR count). The lowest BCUT2D eigenvalue weighted by atomic mass is 10.3. The van der Waals surface area contributed by atoms with E-state index in [1.165, 1.54) is 0 Å². The summed E-state index contributed by atoms with van der Waals surface area (Å²) in [6.07, 6.45) is -0.313. The summed E-state index contributed by atoms with van der Waals surface area (Å²) in [6, 6.07) is 0. The van der Waals surface area contributed by atoms with E-state index in [1.54, 1.807) is 20.8 Å². The van der Waals surface area contributed by atoms with Crippen molar-refractivity contribution >= 4 is 13.2 Å². The van der Waals surface area contributed by atoms with Gasteiger partial charge in [0.25, 0.3) is 0 Å². The molecule has 0 fully saturated rings. The van der Waals surface area contributed by atoms with Gasteiger partial charge in [0.2, 0.25) is 7.37 Å². The van der Waals surface area contributed by atoms with E-state index in [1.807, 2.05) is 0 Å². The summed E-state index contributed by atoms with van der Waals surface area (Å²) in [5.74, 6) is -0.365. The second-order valence-corrected chi connectivity index (χ2v) is 6.83. The van der Waals surface area contributed by atoms with Crippen molar-refractivity contribution in [2.45, 2.75) is 25.9 Å². The highest BCUT2D eigenvalue weighted by Gasteiger charge is 2.35. The van der Waals surface area contributed by atoms with Crippen molar-refractivity contribution < 1.29 is 14.3 Å². The predicted molar refractivity (Wildman–Crippen MR) is 48.5 cm³/mol. The first-order valence-corrected chi connectivity index (χ1v) is 5.59. The van der Waals surface area contributed by atoms with Gasteiger partial charge < -0.3 is 10.6 Å². The van der Waals surface area contributed by atoms with Crippen LogP contribution >= 0.6 is 7.37 Å². The largest absolute Gasteiger partial charge is 0.344 e. The summed E-state index contributed by atoms with van der Waals surface area (Å²) in [5.41, 5.74) is 5.04. The van der Waals surface area contributed by atoms with Crippen LogP contribution in [-0.2, 0) is 9.36 Å². The minimum atomic E-state index is -3.38. The van der Waals surface area contributed by atoms with Gasteiger partial charge in [-0.15, -0.1) is 0 Å². The standard InChI is InChI=1S/C7H16NO3P/c1-7(2,3)12(10,11)5-6(9)4-8/h4-5,8H2,1-3H3,(H,10,11). The van der Waals surface area contributed by atoms with Crippen LogP contribution in [0.25, 0.3) is 0 Å². The van der Waals surface area contributed by atoms with E-state index in [0.717, 1.165) is 0 Å². The average Bonchev–Trinajstić information content (AvgIpc) is 1.84. The van der Waals surface area contributed by atoms with Crippen molar-refractivity contribution in [3.63, 3.8) is 0 Å². The van der Waals surface area contributed by atoms with Gasteiger partial charge in [-0.25, -0.2) is 0 Å². The lowest BCUT2D eigenvalue weighted by molar-refractivity contribution is -0.115. The van der Waals surface area contributed by atoms with Crippen molar-refractivity contribution in [1.29, 1.82) is 0 Å². The van der Waals surface area contributed by atoms with Gasteiger partial charge in [0.1, 0.15) is 0 Å². The first-order valence-electron chi connectivity index (χ1n) is 3.74. The molecule has 0 amide bonds. The Kier molecular flexibility index (Phi) is 3.63. The summed E-state index contributed by atoms with van der Waals surface area (Å²) in [5, 5.41) is -0.738. The fraction of sp³-hybridized carbons (Fsp3) is 0.857. The molecule has 3 N–H and O–H groups in total. The van der Waals surface area contributed by atoms with Gasteiger partial charge in [-0.1, -0.05) is 20.8 Å². The Hall–Kier alpha value is -0.180. The smallest absolute Gasteiger partial charge is 0.213 e. The van der Waals surface area contributed by atoms with Crippen LogP contribution in [0.1, 0.15) is 20.8 Å². The molecule has 1 unspecified atom stereocenters. The molecule has 0 aliphatic rings. The Morgan fingerprint density at radius 2 is 1.92 bits per heavy atom. The van der Waals surface area contributed by atoms with E-state index >= 15 is 0 Å². The third-order valence-corrected chi connectivity index (χ3v) is 4.54. The average molecular weight is 193 g/mol. The Balaban J connectivity index is 4.45. The molecule has 0 radical (unpaired) electrons. The number of rotatable bonds is 3. The molecule has 0 aliphatic heterocycles. The molecule has 0 aromatic heterocycles. The van der Waals surface area contributed by atoms with E-state index in [0.29, 0.717) is 0 Å². The minimum Gasteiger partial charge on any atom is -0.344 e. The Bertz CT molecular complexity index is 219. The molecule has 72 valence electrons. The zero-order valence-electron chi connectivity index (χ0n) is 7.70. The van der Waals surface area contributed by atoms with Gasteiger partial charge in [-0.2, -0.15) is 0 Å². The number of hydrogen-bond acceptors (Lipinski definition) is 3. The first-order chi connectivity index (χ1) is 5.20. The fourth-order valence-corrected chi connectivity index (χ4v) is 1.62. The maximum Gasteiger partial charge on any atom is 0.213 e. The minimum absolute atomic E-state index is 0.166. The van der Waals surface area contributed by atoms with Crippen LogP contribution < -0.4 is 5.73 Å². The summed E-state index contributed by atoms with van der Waals surface area (Å²) in [6.45, 7) is 4.74. The maximum absolute atomic E-state index is 11.5. The molecule has 0 spiro atoms. The molecule has 0 saturated carbocycles. The van der Waals surface area contributed by atoms with E-state index in [-0.39, 0.29) is 18.5 Å². The first kappa shape index (κ1) is 11.8. The lowest BCUT2D eigenvalue weighted by Crippen LogP contribution is -2.24. The molecule has 0 aromatic carbocycles. The number of nitrogens with two attached hydrogens (primary N) is 1. The van der Waals surface area contributed by atoms with Crippen molar-refractivity contribution in [2.24, 2.45) is 5.73 Å². The second-order valence-electron chi connectivity index (χ2n) is 3.77. The Morgan fingerprint density at radius 3 is 2.17 bits per heavy atom. The molecule has 4 nitrogen and oxygen atoms in total. The molecule has 12 heavy (non-hydrogen) atoms. The number of carbonyl (C=O) groups excluding carboxylic acids is 1. The molecule has 0 aromatic rings. The van der Waals surface area contributed by atoms with E-state index in [9.17, 15) is 14.3 Å². The van der Waals surface area contributed by atoms with Crippen molar-refractivity contribution in [1.82, 2.24) is 0 Å². The second kappa shape index (κ2) is 3.69. The van der Waals surface area contributed by atoms with Crippen LogP contribution in [0.3, 0.4) is 0 Å². The number of carbonyl (C=O) groups is 1. The lowest BCUT2D eigenvalue weighted by Gasteiger charge is -2.24. The van der Waals surface area contributed by atoms with Gasteiger partial charge in [-0.3, -0.25) is 9.36 Å². The summed E-state index contributed by atoms with van der Waals surface area (Å²) in [7, 11) is -3.38. The third kappa shape index (κ3) is 3.05. The van der Waals surface area contributed by atoms with E-state index in [2.05, 4.69) is 0 Å². The molecular formula is C7H16NO3P. The molecule has 1 atom stereocenters. The van der Waals surface area contributed by atoms with E-state index < -0.39 is 12.5 Å². The normalized spacial score (nSPS) is 17.1. The summed E-state index contributed by atoms with van der Waals surface area (Å²) in [4.78, 5) is 20.2. The summed E-state index contributed by atoms with van der Waals surface area (Å²) < 4.78 is 11.5. The topological polar surface area (TPSA) is 80.4 Å². The van der Waals surface area contributed by atoms with E-state index in [4.69, 9.17) is 5.73 Å². The van der Waals surface area contributed by atoms with Crippen LogP contribution in [0.4, 0.5) is 0 Å². The highest BCUT2D eigenvalue weighted by atomic mass is 31.2. The molecule has 0 saturated heterocycles. The zero-order valence-corrected chi connectivity index (χ0v) is 8.60. The zero-order chi connectivity index (χ0) is 9.99.